The van der Waals surface area contributed by atoms with Gasteiger partial charge in [0.05, 0.1) is 6.04 Å². The van der Waals surface area contributed by atoms with Crippen molar-refractivity contribution in [3.8, 4) is 0 Å². The zero-order valence-electron chi connectivity index (χ0n) is 11.9. The molecule has 2 N–H and O–H groups in total. The lowest BCUT2D eigenvalue weighted by Gasteiger charge is -2.18. The second kappa shape index (κ2) is 5.10. The summed E-state index contributed by atoms with van der Waals surface area (Å²) in [6, 6.07) is 21.2. The van der Waals surface area contributed by atoms with E-state index in [1.54, 1.807) is 0 Å². The largest absolute Gasteiger partial charge is 0.320 e. The van der Waals surface area contributed by atoms with Crippen molar-refractivity contribution in [2.75, 3.05) is 0 Å². The molecule has 3 aromatic carbocycles. The number of benzene rings is 3. The molecule has 0 aliphatic carbocycles. The average molecular weight is 261 g/mol. The van der Waals surface area contributed by atoms with Crippen LogP contribution in [0, 0.1) is 13.8 Å². The van der Waals surface area contributed by atoms with Crippen molar-refractivity contribution in [1.29, 1.82) is 0 Å². The maximum atomic E-state index is 6.53. The molecule has 0 saturated heterocycles. The van der Waals surface area contributed by atoms with Gasteiger partial charge in [0.15, 0.2) is 0 Å². The predicted octanol–water partition coefficient (Wildman–Crippen LogP) is 4.50. The SMILES string of the molecule is Cc1ccc(C(N)c2c(C)ccc3ccccc23)cc1. The summed E-state index contributed by atoms with van der Waals surface area (Å²) >= 11 is 0. The quantitative estimate of drug-likeness (QED) is 0.722. The number of rotatable bonds is 2. The molecule has 20 heavy (non-hydrogen) atoms. The molecule has 0 aliphatic rings. The van der Waals surface area contributed by atoms with Crippen LogP contribution in [-0.2, 0) is 0 Å². The van der Waals surface area contributed by atoms with Crippen LogP contribution in [0.15, 0.2) is 60.7 Å². The number of aryl methyl sites for hydroxylation is 2. The lowest BCUT2D eigenvalue weighted by molar-refractivity contribution is 0.871. The number of nitrogens with two attached hydrogens (primary N) is 1. The van der Waals surface area contributed by atoms with Crippen LogP contribution in [0.25, 0.3) is 10.8 Å². The Labute approximate surface area is 120 Å². The van der Waals surface area contributed by atoms with E-state index >= 15 is 0 Å². The highest BCUT2D eigenvalue weighted by Crippen LogP contribution is 2.30. The minimum atomic E-state index is -0.0818. The van der Waals surface area contributed by atoms with Crippen molar-refractivity contribution in [3.05, 3.63) is 82.9 Å². The van der Waals surface area contributed by atoms with Crippen molar-refractivity contribution in [2.45, 2.75) is 19.9 Å². The van der Waals surface area contributed by atoms with E-state index in [4.69, 9.17) is 5.73 Å². The summed E-state index contributed by atoms with van der Waals surface area (Å²) in [4.78, 5) is 0. The first-order valence-electron chi connectivity index (χ1n) is 6.97. The van der Waals surface area contributed by atoms with E-state index in [9.17, 15) is 0 Å². The predicted molar refractivity (Wildman–Crippen MR) is 85.9 cm³/mol. The fourth-order valence-electron chi connectivity index (χ4n) is 2.76. The van der Waals surface area contributed by atoms with Gasteiger partial charge in [-0.25, -0.2) is 0 Å². The maximum Gasteiger partial charge on any atom is 0.0560 e. The minimum absolute atomic E-state index is 0.0818. The Bertz CT molecular complexity index is 741. The lowest BCUT2D eigenvalue weighted by Crippen LogP contribution is -2.13. The van der Waals surface area contributed by atoms with Gasteiger partial charge < -0.3 is 5.73 Å². The molecule has 0 aromatic heterocycles. The van der Waals surface area contributed by atoms with Gasteiger partial charge in [-0.2, -0.15) is 0 Å². The zero-order valence-corrected chi connectivity index (χ0v) is 11.9. The molecule has 1 nitrogen and oxygen atoms in total. The number of hydrogen-bond donors (Lipinski definition) is 1. The first-order valence-corrected chi connectivity index (χ1v) is 6.97. The number of fused-ring (bicyclic) bond motifs is 1. The molecular weight excluding hydrogens is 242 g/mol. The van der Waals surface area contributed by atoms with E-state index < -0.39 is 0 Å². The highest BCUT2D eigenvalue weighted by Gasteiger charge is 2.14. The molecule has 0 saturated carbocycles. The van der Waals surface area contributed by atoms with E-state index in [1.807, 2.05) is 0 Å². The zero-order chi connectivity index (χ0) is 14.1. The van der Waals surface area contributed by atoms with Gasteiger partial charge in [-0.1, -0.05) is 66.2 Å². The third-order valence-corrected chi connectivity index (χ3v) is 3.94. The van der Waals surface area contributed by atoms with E-state index in [2.05, 4.69) is 74.5 Å². The fourth-order valence-corrected chi connectivity index (χ4v) is 2.76. The monoisotopic (exact) mass is 261 g/mol. The molecule has 3 rings (SSSR count). The summed E-state index contributed by atoms with van der Waals surface area (Å²) in [6.07, 6.45) is 0. The van der Waals surface area contributed by atoms with Crippen LogP contribution in [0.4, 0.5) is 0 Å². The van der Waals surface area contributed by atoms with Crippen molar-refractivity contribution >= 4 is 10.8 Å². The molecule has 1 unspecified atom stereocenters. The van der Waals surface area contributed by atoms with E-state index in [0.29, 0.717) is 0 Å². The molecule has 0 fully saturated rings. The molecule has 100 valence electrons. The summed E-state index contributed by atoms with van der Waals surface area (Å²) in [5.74, 6) is 0. The maximum absolute atomic E-state index is 6.53. The Morgan fingerprint density at radius 1 is 0.800 bits per heavy atom. The van der Waals surface area contributed by atoms with Crippen LogP contribution in [0.5, 0.6) is 0 Å². The molecule has 1 atom stereocenters. The van der Waals surface area contributed by atoms with Crippen molar-refractivity contribution < 1.29 is 0 Å². The van der Waals surface area contributed by atoms with Gasteiger partial charge in [0.2, 0.25) is 0 Å². The van der Waals surface area contributed by atoms with Gasteiger partial charge >= 0.3 is 0 Å². The first kappa shape index (κ1) is 12.9. The van der Waals surface area contributed by atoms with Crippen LogP contribution in [-0.4, -0.2) is 0 Å². The summed E-state index contributed by atoms with van der Waals surface area (Å²) in [5, 5.41) is 2.50. The molecule has 0 bridgehead atoms. The normalized spacial score (nSPS) is 12.6. The van der Waals surface area contributed by atoms with Gasteiger partial charge in [-0.15, -0.1) is 0 Å². The average Bonchev–Trinajstić information content (AvgIpc) is 2.47. The Morgan fingerprint density at radius 2 is 1.50 bits per heavy atom. The molecule has 1 heteroatoms. The minimum Gasteiger partial charge on any atom is -0.320 e. The molecule has 0 spiro atoms. The van der Waals surface area contributed by atoms with Gasteiger partial charge in [-0.3, -0.25) is 0 Å². The fraction of sp³-hybridized carbons (Fsp3) is 0.158. The second-order valence-corrected chi connectivity index (χ2v) is 5.41. The summed E-state index contributed by atoms with van der Waals surface area (Å²) in [5.41, 5.74) is 11.4. The summed E-state index contributed by atoms with van der Waals surface area (Å²) < 4.78 is 0. The molecular formula is C19H19N. The Balaban J connectivity index is 2.18. The van der Waals surface area contributed by atoms with E-state index in [-0.39, 0.29) is 6.04 Å². The Hall–Kier alpha value is -2.12. The molecule has 3 aromatic rings. The lowest BCUT2D eigenvalue weighted by atomic mass is 9.90. The van der Waals surface area contributed by atoms with Gasteiger partial charge in [0.1, 0.15) is 0 Å². The van der Waals surface area contributed by atoms with Crippen LogP contribution < -0.4 is 5.73 Å². The smallest absolute Gasteiger partial charge is 0.0560 e. The van der Waals surface area contributed by atoms with E-state index in [0.717, 1.165) is 5.56 Å². The Kier molecular flexibility index (Phi) is 3.29. The van der Waals surface area contributed by atoms with Gasteiger partial charge in [0.25, 0.3) is 0 Å². The summed E-state index contributed by atoms with van der Waals surface area (Å²) in [7, 11) is 0. The topological polar surface area (TPSA) is 26.0 Å². The third kappa shape index (κ3) is 2.21. The van der Waals surface area contributed by atoms with Crippen molar-refractivity contribution in [1.82, 2.24) is 0 Å². The van der Waals surface area contributed by atoms with Crippen LogP contribution >= 0.6 is 0 Å². The first-order chi connectivity index (χ1) is 9.66. The van der Waals surface area contributed by atoms with Crippen LogP contribution in [0.2, 0.25) is 0 Å². The number of hydrogen-bond acceptors (Lipinski definition) is 1. The highest BCUT2D eigenvalue weighted by molar-refractivity contribution is 5.87. The third-order valence-electron chi connectivity index (χ3n) is 3.94. The van der Waals surface area contributed by atoms with Crippen molar-refractivity contribution in [3.63, 3.8) is 0 Å². The van der Waals surface area contributed by atoms with Gasteiger partial charge in [-0.05, 0) is 41.3 Å². The second-order valence-electron chi connectivity index (χ2n) is 5.41. The molecule has 0 heterocycles. The van der Waals surface area contributed by atoms with Crippen LogP contribution in [0.3, 0.4) is 0 Å². The molecule has 0 amide bonds. The van der Waals surface area contributed by atoms with Gasteiger partial charge in [0, 0.05) is 0 Å². The van der Waals surface area contributed by atoms with E-state index in [1.165, 1.54) is 27.5 Å². The molecule has 0 radical (unpaired) electrons. The highest BCUT2D eigenvalue weighted by atomic mass is 14.6. The Morgan fingerprint density at radius 3 is 2.25 bits per heavy atom. The van der Waals surface area contributed by atoms with Crippen LogP contribution in [0.1, 0.15) is 28.3 Å². The van der Waals surface area contributed by atoms with Crippen molar-refractivity contribution in [2.24, 2.45) is 5.73 Å². The molecule has 0 aliphatic heterocycles. The standard InChI is InChI=1S/C19H19N/c1-13-7-10-16(11-8-13)19(20)18-14(2)9-12-15-5-3-4-6-17(15)18/h3-12,19H,20H2,1-2H3. The summed E-state index contributed by atoms with van der Waals surface area (Å²) in [6.45, 7) is 4.23.